The lowest BCUT2D eigenvalue weighted by Crippen LogP contribution is -2.41. The molecule has 2 rings (SSSR count). The second-order valence-corrected chi connectivity index (χ2v) is 5.66. The average Bonchev–Trinajstić information content (AvgIpc) is 2.38. The zero-order valence-corrected chi connectivity index (χ0v) is 12.3. The van der Waals surface area contributed by atoms with E-state index in [4.69, 9.17) is 0 Å². The fourth-order valence-corrected chi connectivity index (χ4v) is 2.63. The maximum absolute atomic E-state index is 11.9. The standard InChI is InChI=1S/C13H23N5O2/c1-8(2)18-12(19)16-11(17-13(18)20)15-9(3)10-4-6-14-7-5-10/h8-10,14H,4-7H2,1-3H3,(H2,15,16,17,19,20). The van der Waals surface area contributed by atoms with Crippen molar-refractivity contribution in [3.8, 4) is 0 Å². The van der Waals surface area contributed by atoms with Gasteiger partial charge in [0.1, 0.15) is 0 Å². The Balaban J connectivity index is 2.14. The lowest BCUT2D eigenvalue weighted by Gasteiger charge is -2.28. The molecule has 0 aromatic carbocycles. The van der Waals surface area contributed by atoms with Crippen molar-refractivity contribution in [1.29, 1.82) is 0 Å². The minimum Gasteiger partial charge on any atom is -0.353 e. The Bertz CT molecular complexity index is 525. The molecule has 0 aliphatic carbocycles. The largest absolute Gasteiger partial charge is 0.355 e. The highest BCUT2D eigenvalue weighted by atomic mass is 16.2. The molecule has 1 aromatic rings. The third kappa shape index (κ3) is 3.27. The maximum Gasteiger partial charge on any atom is 0.355 e. The first-order chi connectivity index (χ1) is 9.49. The molecule has 7 nitrogen and oxygen atoms in total. The van der Waals surface area contributed by atoms with Gasteiger partial charge in [-0.15, -0.1) is 0 Å². The molecule has 1 aromatic heterocycles. The summed E-state index contributed by atoms with van der Waals surface area (Å²) in [7, 11) is 0. The van der Waals surface area contributed by atoms with Crippen LogP contribution in [0.3, 0.4) is 0 Å². The van der Waals surface area contributed by atoms with Gasteiger partial charge < -0.3 is 10.6 Å². The molecule has 3 N–H and O–H groups in total. The van der Waals surface area contributed by atoms with Gasteiger partial charge in [0.25, 0.3) is 0 Å². The quantitative estimate of drug-likeness (QED) is 0.739. The SMILES string of the molecule is CC(Nc1nc(=O)n(C(C)C)c(=O)[nH]1)C1CCNCC1. The van der Waals surface area contributed by atoms with Crippen molar-refractivity contribution < 1.29 is 0 Å². The summed E-state index contributed by atoms with van der Waals surface area (Å²) in [6, 6.07) is -0.0239. The van der Waals surface area contributed by atoms with Crippen molar-refractivity contribution in [3.63, 3.8) is 0 Å². The second kappa shape index (κ2) is 6.21. The highest BCUT2D eigenvalue weighted by Crippen LogP contribution is 2.17. The Kier molecular flexibility index (Phi) is 4.59. The van der Waals surface area contributed by atoms with Crippen molar-refractivity contribution in [2.45, 2.75) is 45.7 Å². The molecule has 2 heterocycles. The molecule has 1 fully saturated rings. The molecule has 112 valence electrons. The van der Waals surface area contributed by atoms with Gasteiger partial charge in [0, 0.05) is 12.1 Å². The van der Waals surface area contributed by atoms with Crippen molar-refractivity contribution in [2.75, 3.05) is 18.4 Å². The van der Waals surface area contributed by atoms with Crippen LogP contribution in [0.2, 0.25) is 0 Å². The van der Waals surface area contributed by atoms with Crippen molar-refractivity contribution >= 4 is 5.95 Å². The van der Waals surface area contributed by atoms with E-state index in [2.05, 4.69) is 27.5 Å². The van der Waals surface area contributed by atoms with E-state index >= 15 is 0 Å². The molecule has 1 unspecified atom stereocenters. The lowest BCUT2D eigenvalue weighted by atomic mass is 9.91. The highest BCUT2D eigenvalue weighted by molar-refractivity contribution is 5.23. The molecule has 0 spiro atoms. The summed E-state index contributed by atoms with van der Waals surface area (Å²) in [5.41, 5.74) is -0.927. The van der Waals surface area contributed by atoms with Crippen LogP contribution in [0.25, 0.3) is 0 Å². The predicted octanol–water partition coefficient (Wildman–Crippen LogP) is 0.313. The van der Waals surface area contributed by atoms with Crippen LogP contribution in [-0.2, 0) is 0 Å². The van der Waals surface area contributed by atoms with Crippen LogP contribution in [0.5, 0.6) is 0 Å². The Morgan fingerprint density at radius 3 is 2.45 bits per heavy atom. The molecule has 0 bridgehead atoms. The summed E-state index contributed by atoms with van der Waals surface area (Å²) < 4.78 is 1.11. The maximum atomic E-state index is 11.9. The van der Waals surface area contributed by atoms with E-state index in [1.807, 2.05) is 0 Å². The van der Waals surface area contributed by atoms with Gasteiger partial charge in [0.15, 0.2) is 0 Å². The van der Waals surface area contributed by atoms with E-state index in [1.165, 1.54) is 0 Å². The van der Waals surface area contributed by atoms with Crippen molar-refractivity contribution in [3.05, 3.63) is 21.0 Å². The molecule has 20 heavy (non-hydrogen) atoms. The second-order valence-electron chi connectivity index (χ2n) is 5.66. The summed E-state index contributed by atoms with van der Waals surface area (Å²) in [6.45, 7) is 7.64. The first-order valence-electron chi connectivity index (χ1n) is 7.19. The van der Waals surface area contributed by atoms with Gasteiger partial charge in [-0.2, -0.15) is 4.98 Å². The smallest absolute Gasteiger partial charge is 0.353 e. The van der Waals surface area contributed by atoms with Crippen LogP contribution in [0.1, 0.15) is 39.7 Å². The Morgan fingerprint density at radius 1 is 1.25 bits per heavy atom. The monoisotopic (exact) mass is 281 g/mol. The fourth-order valence-electron chi connectivity index (χ4n) is 2.63. The molecule has 1 saturated heterocycles. The summed E-state index contributed by atoms with van der Waals surface area (Å²) in [6.07, 6.45) is 2.17. The van der Waals surface area contributed by atoms with Gasteiger partial charge in [0.05, 0.1) is 0 Å². The molecular weight excluding hydrogens is 258 g/mol. The van der Waals surface area contributed by atoms with Gasteiger partial charge in [0.2, 0.25) is 5.95 Å². The van der Waals surface area contributed by atoms with Gasteiger partial charge in [-0.3, -0.25) is 4.98 Å². The number of hydrogen-bond donors (Lipinski definition) is 3. The van der Waals surface area contributed by atoms with Crippen LogP contribution in [0.15, 0.2) is 9.59 Å². The Morgan fingerprint density at radius 2 is 1.90 bits per heavy atom. The van der Waals surface area contributed by atoms with Gasteiger partial charge in [-0.05, 0) is 52.6 Å². The average molecular weight is 281 g/mol. The van der Waals surface area contributed by atoms with Crippen molar-refractivity contribution in [1.82, 2.24) is 19.9 Å². The molecule has 1 atom stereocenters. The minimum absolute atomic E-state index is 0.176. The van der Waals surface area contributed by atoms with Crippen LogP contribution < -0.4 is 22.0 Å². The van der Waals surface area contributed by atoms with Gasteiger partial charge in [-0.25, -0.2) is 14.2 Å². The number of rotatable bonds is 4. The zero-order chi connectivity index (χ0) is 14.7. The number of aromatic amines is 1. The van der Waals surface area contributed by atoms with E-state index in [1.54, 1.807) is 13.8 Å². The molecule has 0 saturated carbocycles. The normalized spacial score (nSPS) is 18.2. The van der Waals surface area contributed by atoms with E-state index < -0.39 is 11.4 Å². The number of anilines is 1. The topological polar surface area (TPSA) is 91.8 Å². The zero-order valence-electron chi connectivity index (χ0n) is 12.3. The number of piperidine rings is 1. The summed E-state index contributed by atoms with van der Waals surface area (Å²) in [5, 5.41) is 6.47. The third-order valence-electron chi connectivity index (χ3n) is 3.83. The Hall–Kier alpha value is -1.63. The van der Waals surface area contributed by atoms with Crippen LogP contribution >= 0.6 is 0 Å². The molecular formula is C13H23N5O2. The third-order valence-corrected chi connectivity index (χ3v) is 3.83. The van der Waals surface area contributed by atoms with E-state index in [-0.39, 0.29) is 18.0 Å². The van der Waals surface area contributed by atoms with Gasteiger partial charge >= 0.3 is 11.4 Å². The fraction of sp³-hybridized carbons (Fsp3) is 0.769. The van der Waals surface area contributed by atoms with Crippen LogP contribution in [-0.4, -0.2) is 33.7 Å². The van der Waals surface area contributed by atoms with Crippen LogP contribution in [0, 0.1) is 5.92 Å². The highest BCUT2D eigenvalue weighted by Gasteiger charge is 2.20. The Labute approximate surface area is 117 Å². The summed E-state index contributed by atoms with van der Waals surface area (Å²) in [5.74, 6) is 0.789. The van der Waals surface area contributed by atoms with E-state index in [0.717, 1.165) is 30.5 Å². The summed E-state index contributed by atoms with van der Waals surface area (Å²) >= 11 is 0. The number of aromatic nitrogens is 3. The lowest BCUT2D eigenvalue weighted by molar-refractivity contribution is 0.342. The molecule has 1 aliphatic rings. The first-order valence-corrected chi connectivity index (χ1v) is 7.19. The molecule has 0 amide bonds. The molecule has 1 aliphatic heterocycles. The number of nitrogens with zero attached hydrogens (tertiary/aromatic N) is 2. The predicted molar refractivity (Wildman–Crippen MR) is 78.2 cm³/mol. The molecule has 0 radical (unpaired) electrons. The number of hydrogen-bond acceptors (Lipinski definition) is 5. The number of H-pyrrole nitrogens is 1. The van der Waals surface area contributed by atoms with Crippen LogP contribution in [0.4, 0.5) is 5.95 Å². The van der Waals surface area contributed by atoms with E-state index in [9.17, 15) is 9.59 Å². The summed E-state index contributed by atoms with van der Waals surface area (Å²) in [4.78, 5) is 30.3. The molecule has 7 heteroatoms. The number of nitrogens with one attached hydrogen (secondary N) is 3. The minimum atomic E-state index is -0.510. The van der Waals surface area contributed by atoms with Gasteiger partial charge in [-0.1, -0.05) is 0 Å². The van der Waals surface area contributed by atoms with E-state index in [0.29, 0.717) is 5.92 Å². The van der Waals surface area contributed by atoms with Crippen molar-refractivity contribution in [2.24, 2.45) is 5.92 Å². The first kappa shape index (κ1) is 14.8.